The molecule has 0 heterocycles. The van der Waals surface area contributed by atoms with Gasteiger partial charge in [0.15, 0.2) is 11.5 Å². The number of halogens is 1. The lowest BCUT2D eigenvalue weighted by molar-refractivity contribution is 0.234. The van der Waals surface area contributed by atoms with Gasteiger partial charge < -0.3 is 23.8 Å². The molecular formula is C106H146INO4. The summed E-state index contributed by atoms with van der Waals surface area (Å²) in [6.45, 7) is 16.3. The fourth-order valence-electron chi connectivity index (χ4n) is 14.8. The van der Waals surface area contributed by atoms with Crippen molar-refractivity contribution in [1.29, 1.82) is 0 Å². The van der Waals surface area contributed by atoms with Gasteiger partial charge in [0.2, 0.25) is 5.75 Å². The normalized spacial score (nSPS) is 11.9. The van der Waals surface area contributed by atoms with Crippen LogP contribution in [0.15, 0.2) is 133 Å². The molecule has 0 aliphatic rings. The minimum atomic E-state index is 0.652. The quantitative estimate of drug-likeness (QED) is 0.0216. The first kappa shape index (κ1) is 91.9. The molecule has 0 N–H and O–H groups in total. The maximum atomic E-state index is 6.88. The molecular weight excluding hydrogens is 1480 g/mol. The molecule has 0 aliphatic carbocycles. The lowest BCUT2D eigenvalue weighted by Gasteiger charge is -2.18. The zero-order chi connectivity index (χ0) is 79.1. The van der Waals surface area contributed by atoms with Crippen LogP contribution in [0.4, 0.5) is 5.69 Å². The molecule has 0 spiro atoms. The predicted octanol–water partition coefficient (Wildman–Crippen LogP) is 33.2. The van der Waals surface area contributed by atoms with Crippen molar-refractivity contribution in [2.45, 2.75) is 298 Å². The Morgan fingerprint density at radius 1 is 0.241 bits per heavy atom. The van der Waals surface area contributed by atoms with E-state index in [0.717, 1.165) is 116 Å². The summed E-state index contributed by atoms with van der Waals surface area (Å²) in [7, 11) is 4.18. The molecule has 0 amide bonds. The highest BCUT2D eigenvalue weighted by atomic mass is 127. The third-order valence-corrected chi connectivity index (χ3v) is 22.0. The van der Waals surface area contributed by atoms with Crippen molar-refractivity contribution in [2.24, 2.45) is 0 Å². The van der Waals surface area contributed by atoms with Crippen LogP contribution in [-0.4, -0.2) is 40.5 Å². The number of hydrogen-bond acceptors (Lipinski definition) is 5. The van der Waals surface area contributed by atoms with Crippen LogP contribution in [0.3, 0.4) is 0 Å². The van der Waals surface area contributed by atoms with Crippen molar-refractivity contribution >= 4 is 101 Å². The maximum Gasteiger partial charge on any atom is 0.203 e. The maximum absolute atomic E-state index is 6.88. The molecule has 6 heteroatoms. The van der Waals surface area contributed by atoms with E-state index in [-0.39, 0.29) is 0 Å². The van der Waals surface area contributed by atoms with E-state index >= 15 is 0 Å². The van der Waals surface area contributed by atoms with E-state index in [1.807, 2.05) is 0 Å². The predicted molar refractivity (Wildman–Crippen MR) is 505 cm³/mol. The number of nitrogens with zero attached hydrogens (tertiary/aromatic N) is 1. The summed E-state index contributed by atoms with van der Waals surface area (Å²) in [5, 5.41) is 0. The molecule has 7 aromatic rings. The summed E-state index contributed by atoms with van der Waals surface area (Å²) < 4.78 is 28.0. The molecule has 0 unspecified atom stereocenters. The second-order valence-electron chi connectivity index (χ2n) is 32.1. The summed E-state index contributed by atoms with van der Waals surface area (Å²) in [4.78, 5) is 2.15. The zero-order valence-corrected chi connectivity index (χ0v) is 73.4. The van der Waals surface area contributed by atoms with Crippen LogP contribution >= 0.6 is 22.6 Å². The van der Waals surface area contributed by atoms with E-state index in [4.69, 9.17) is 18.9 Å². The molecule has 7 aromatic carbocycles. The fraction of sp³-hybridized carbons (Fsp3) is 0.491. The Balaban J connectivity index is 1.13. The van der Waals surface area contributed by atoms with Crippen LogP contribution in [0.1, 0.15) is 362 Å². The zero-order valence-electron chi connectivity index (χ0n) is 71.2. The van der Waals surface area contributed by atoms with Crippen LogP contribution < -0.4 is 23.8 Å². The monoisotopic (exact) mass is 1620 g/mol. The van der Waals surface area contributed by atoms with Gasteiger partial charge >= 0.3 is 0 Å². The van der Waals surface area contributed by atoms with Gasteiger partial charge in [-0.25, -0.2) is 0 Å². The number of hydrogen-bond donors (Lipinski definition) is 0. The van der Waals surface area contributed by atoms with E-state index in [2.05, 4.69) is 290 Å². The standard InChI is InChI=1S/C106H146INO4/c1-9-13-17-21-25-29-33-37-41-45-69-109-103-67-63-90(64-68-103)50-52-93-76-94(54-53-91-74-87(5)73-88(6)75-91)80-95(78-93)55-58-98-82-99(84-101(107)83-98)59-56-96-77-92(51-49-89-61-65-102(66-62-89)108(7)8)79-97(81-96)57-60-100-85-104(110-70-46-42-38-34-30-26-22-18-14-10-2)106(112-72-48-44-40-36-32-28-24-20-16-12-4)105(86-100)111-71-47-43-39-35-31-27-23-19-15-11-3/h49-68,73-86H,9-48,69-72H2,1-8H3/b51-49+,52-50+,54-53+,58-55+,59-56+,60-57+. The second kappa shape index (κ2) is 57.7. The van der Waals surface area contributed by atoms with Crippen LogP contribution in [0.25, 0.3) is 72.9 Å². The molecule has 112 heavy (non-hydrogen) atoms. The van der Waals surface area contributed by atoms with Crippen molar-refractivity contribution in [1.82, 2.24) is 0 Å². The van der Waals surface area contributed by atoms with E-state index < -0.39 is 0 Å². The Morgan fingerprint density at radius 3 is 0.768 bits per heavy atom. The number of unbranched alkanes of at least 4 members (excludes halogenated alkanes) is 36. The van der Waals surface area contributed by atoms with Gasteiger partial charge in [-0.1, -0.05) is 385 Å². The topological polar surface area (TPSA) is 40.2 Å². The first-order valence-corrected chi connectivity index (χ1v) is 45.9. The average Bonchev–Trinajstić information content (AvgIpc) is 0.822. The third-order valence-electron chi connectivity index (χ3n) is 21.4. The Hall–Kier alpha value is -7.29. The van der Waals surface area contributed by atoms with E-state index in [0.29, 0.717) is 19.8 Å². The van der Waals surface area contributed by atoms with E-state index in [1.165, 1.54) is 257 Å². The summed E-state index contributed by atoms with van der Waals surface area (Å²) in [5.74, 6) is 3.29. The first-order chi connectivity index (χ1) is 54.9. The first-order valence-electron chi connectivity index (χ1n) is 44.8. The molecule has 0 saturated heterocycles. The van der Waals surface area contributed by atoms with Crippen LogP contribution in [0, 0.1) is 17.4 Å². The van der Waals surface area contributed by atoms with Crippen molar-refractivity contribution in [3.05, 3.63) is 215 Å². The molecule has 0 radical (unpaired) electrons. The van der Waals surface area contributed by atoms with Gasteiger partial charge in [-0.05, 0) is 220 Å². The highest BCUT2D eigenvalue weighted by Gasteiger charge is 2.17. The number of ether oxygens (including phenoxy) is 4. The Kier molecular flexibility index (Phi) is 47.3. The summed E-state index contributed by atoms with van der Waals surface area (Å²) in [6, 6.07) is 49.1. The summed E-state index contributed by atoms with van der Waals surface area (Å²) in [5.41, 5.74) is 17.3. The Morgan fingerprint density at radius 2 is 0.473 bits per heavy atom. The van der Waals surface area contributed by atoms with Crippen LogP contribution in [-0.2, 0) is 0 Å². The number of rotatable bonds is 61. The Bertz CT molecular complexity index is 3800. The van der Waals surface area contributed by atoms with Crippen molar-refractivity contribution in [3.63, 3.8) is 0 Å². The lowest BCUT2D eigenvalue weighted by atomic mass is 10.0. The Labute approximate surface area is 696 Å². The van der Waals surface area contributed by atoms with Gasteiger partial charge in [-0.2, -0.15) is 0 Å². The van der Waals surface area contributed by atoms with Crippen molar-refractivity contribution < 1.29 is 18.9 Å². The molecule has 0 fully saturated rings. The molecule has 606 valence electrons. The number of benzene rings is 7. The van der Waals surface area contributed by atoms with Gasteiger partial charge in [-0.15, -0.1) is 0 Å². The van der Waals surface area contributed by atoms with Gasteiger partial charge in [0.25, 0.3) is 0 Å². The molecule has 7 rings (SSSR count). The van der Waals surface area contributed by atoms with Crippen molar-refractivity contribution in [2.75, 3.05) is 45.4 Å². The minimum absolute atomic E-state index is 0.652. The average molecular weight is 1630 g/mol. The van der Waals surface area contributed by atoms with E-state index in [1.54, 1.807) is 0 Å². The van der Waals surface area contributed by atoms with Gasteiger partial charge in [0.1, 0.15) is 5.75 Å². The highest BCUT2D eigenvalue weighted by Crippen LogP contribution is 2.41. The second-order valence-corrected chi connectivity index (χ2v) is 33.4. The van der Waals surface area contributed by atoms with Gasteiger partial charge in [0, 0.05) is 23.4 Å². The number of aryl methyl sites for hydroxylation is 2. The molecule has 0 aliphatic heterocycles. The third kappa shape index (κ3) is 40.1. The lowest BCUT2D eigenvalue weighted by Crippen LogP contribution is -2.07. The smallest absolute Gasteiger partial charge is 0.203 e. The van der Waals surface area contributed by atoms with Gasteiger partial charge in [0.05, 0.1) is 26.4 Å². The van der Waals surface area contributed by atoms with E-state index in [9.17, 15) is 0 Å². The summed E-state index contributed by atoms with van der Waals surface area (Å²) >= 11 is 2.48. The molecule has 0 atom stereocenters. The molecule has 0 saturated carbocycles. The van der Waals surface area contributed by atoms with Crippen molar-refractivity contribution in [3.8, 4) is 23.0 Å². The largest absolute Gasteiger partial charge is 0.494 e. The number of anilines is 1. The van der Waals surface area contributed by atoms with Crippen LogP contribution in [0.2, 0.25) is 0 Å². The minimum Gasteiger partial charge on any atom is -0.494 e. The van der Waals surface area contributed by atoms with Crippen LogP contribution in [0.5, 0.6) is 23.0 Å². The highest BCUT2D eigenvalue weighted by molar-refractivity contribution is 14.1. The molecule has 0 bridgehead atoms. The SMILES string of the molecule is CCCCCCCCCCCCOc1ccc(/C=C/c2cc(/C=C/c3cc(C)cc(C)c3)cc(/C=C/c3cc(I)cc(/C=C/c4cc(/C=C/c5ccc(N(C)C)cc5)cc(/C=C/c5cc(OCCCCCCCCCCCC)c(OCCCCCCCCCCCC)c(OCCCCCCCCCCCC)c5)c4)c3)c2)cc1. The fourth-order valence-corrected chi connectivity index (χ4v) is 15.5. The van der Waals surface area contributed by atoms with Gasteiger partial charge in [-0.3, -0.25) is 0 Å². The summed E-state index contributed by atoms with van der Waals surface area (Å²) in [6.07, 6.45) is 78.7. The molecule has 0 aromatic heterocycles. The molecule has 5 nitrogen and oxygen atoms in total.